The van der Waals surface area contributed by atoms with E-state index in [0.717, 1.165) is 30.9 Å². The van der Waals surface area contributed by atoms with Gasteiger partial charge in [0, 0.05) is 36.5 Å². The second-order valence-corrected chi connectivity index (χ2v) is 5.57. The number of phenols is 1. The molecule has 2 rings (SSSR count). The Hall–Kier alpha value is -3.16. The van der Waals surface area contributed by atoms with Crippen LogP contribution in [0.15, 0.2) is 41.5 Å². The minimum Gasteiger partial charge on any atom is -0.507 e. The highest BCUT2D eigenvalue weighted by Gasteiger charge is 2.08. The third-order valence-electron chi connectivity index (χ3n) is 3.79. The van der Waals surface area contributed by atoms with Crippen molar-refractivity contribution in [3.63, 3.8) is 0 Å². The molecule has 0 saturated carbocycles. The summed E-state index contributed by atoms with van der Waals surface area (Å²) < 4.78 is 31.2. The molecule has 6 nitrogen and oxygen atoms in total. The molecule has 2 N–H and O–H groups in total. The largest absolute Gasteiger partial charge is 0.507 e. The van der Waals surface area contributed by atoms with Crippen LogP contribution in [0.2, 0.25) is 0 Å². The molecule has 0 aliphatic rings. The van der Waals surface area contributed by atoms with E-state index in [4.69, 9.17) is 4.74 Å². The molecule has 0 fully saturated rings. The van der Waals surface area contributed by atoms with Gasteiger partial charge in [-0.05, 0) is 38.1 Å². The first-order valence-electron chi connectivity index (χ1n) is 8.42. The van der Waals surface area contributed by atoms with Crippen molar-refractivity contribution in [2.24, 2.45) is 5.10 Å². The smallest absolute Gasteiger partial charge is 0.277 e. The van der Waals surface area contributed by atoms with Gasteiger partial charge in [-0.3, -0.25) is 4.79 Å². The van der Waals surface area contributed by atoms with Crippen LogP contribution in [0.5, 0.6) is 11.5 Å². The summed E-state index contributed by atoms with van der Waals surface area (Å²) >= 11 is 0. The number of hydrogen-bond donors (Lipinski definition) is 2. The van der Waals surface area contributed by atoms with Gasteiger partial charge in [0.1, 0.15) is 11.6 Å². The van der Waals surface area contributed by atoms with Crippen molar-refractivity contribution in [2.75, 3.05) is 24.6 Å². The normalized spacial score (nSPS) is 10.8. The van der Waals surface area contributed by atoms with Crippen LogP contribution in [0.1, 0.15) is 19.4 Å². The Morgan fingerprint density at radius 1 is 1.22 bits per heavy atom. The van der Waals surface area contributed by atoms with Crippen molar-refractivity contribution in [3.05, 3.63) is 53.6 Å². The Labute approximate surface area is 156 Å². The van der Waals surface area contributed by atoms with Crippen LogP contribution >= 0.6 is 0 Å². The van der Waals surface area contributed by atoms with Gasteiger partial charge in [0.05, 0.1) is 6.21 Å². The Morgan fingerprint density at radius 3 is 2.59 bits per heavy atom. The molecule has 8 heteroatoms. The molecular formula is C19H21F2N3O3. The number of amides is 1. The average molecular weight is 377 g/mol. The number of phenolic OH excluding ortho intramolecular Hbond substituents is 1. The number of hydrogen-bond acceptors (Lipinski definition) is 5. The van der Waals surface area contributed by atoms with Gasteiger partial charge >= 0.3 is 0 Å². The highest BCUT2D eigenvalue weighted by Crippen LogP contribution is 2.23. The fourth-order valence-corrected chi connectivity index (χ4v) is 2.37. The first-order valence-corrected chi connectivity index (χ1v) is 8.42. The van der Waals surface area contributed by atoms with E-state index in [1.165, 1.54) is 6.21 Å². The quantitative estimate of drug-likeness (QED) is 0.548. The lowest BCUT2D eigenvalue weighted by Crippen LogP contribution is -2.24. The Balaban J connectivity index is 1.90. The standard InChI is InChI=1S/C19H21F2N3O3/c1-3-24(4-2)15-7-5-13(17(25)10-15)11-22-23-19(26)12-27-18-8-6-14(20)9-16(18)21/h5-11,25H,3-4,12H2,1-2H3,(H,23,26)/b22-11-. The fraction of sp³-hybridized carbons (Fsp3) is 0.263. The minimum atomic E-state index is -0.899. The number of carbonyl (C=O) groups is 1. The van der Waals surface area contributed by atoms with Crippen LogP contribution < -0.4 is 15.1 Å². The van der Waals surface area contributed by atoms with E-state index in [2.05, 4.69) is 15.4 Å². The fourth-order valence-electron chi connectivity index (χ4n) is 2.37. The zero-order valence-corrected chi connectivity index (χ0v) is 15.1. The first kappa shape index (κ1) is 20.2. The van der Waals surface area contributed by atoms with E-state index in [0.29, 0.717) is 11.6 Å². The van der Waals surface area contributed by atoms with Gasteiger partial charge in [-0.15, -0.1) is 0 Å². The Bertz CT molecular complexity index is 824. The third kappa shape index (κ3) is 5.67. The first-order chi connectivity index (χ1) is 12.9. The number of anilines is 1. The minimum absolute atomic E-state index is 0.0297. The summed E-state index contributed by atoms with van der Waals surface area (Å²) in [6, 6.07) is 7.93. The van der Waals surface area contributed by atoms with Crippen LogP contribution in [0.3, 0.4) is 0 Å². The summed E-state index contributed by atoms with van der Waals surface area (Å²) in [6.45, 7) is 5.17. The van der Waals surface area contributed by atoms with Crippen molar-refractivity contribution < 1.29 is 23.4 Å². The molecule has 2 aromatic rings. The maximum atomic E-state index is 13.4. The molecule has 0 aliphatic heterocycles. The van der Waals surface area contributed by atoms with Crippen molar-refractivity contribution >= 4 is 17.8 Å². The molecule has 27 heavy (non-hydrogen) atoms. The monoisotopic (exact) mass is 377 g/mol. The number of nitrogens with zero attached hydrogens (tertiary/aromatic N) is 2. The van der Waals surface area contributed by atoms with Gasteiger partial charge in [-0.1, -0.05) is 0 Å². The molecule has 1 amide bonds. The highest BCUT2D eigenvalue weighted by atomic mass is 19.1. The van der Waals surface area contributed by atoms with Crippen LogP contribution in [-0.2, 0) is 4.79 Å². The number of nitrogens with one attached hydrogen (secondary N) is 1. The van der Waals surface area contributed by atoms with E-state index in [1.54, 1.807) is 12.1 Å². The van der Waals surface area contributed by atoms with Gasteiger partial charge < -0.3 is 14.7 Å². The van der Waals surface area contributed by atoms with Gasteiger partial charge in [0.25, 0.3) is 5.91 Å². The molecule has 0 atom stereocenters. The molecule has 0 unspecified atom stereocenters. The van der Waals surface area contributed by atoms with E-state index in [-0.39, 0.29) is 11.5 Å². The van der Waals surface area contributed by atoms with E-state index in [9.17, 15) is 18.7 Å². The van der Waals surface area contributed by atoms with Gasteiger partial charge in [0.15, 0.2) is 18.2 Å². The zero-order valence-electron chi connectivity index (χ0n) is 15.1. The maximum absolute atomic E-state index is 13.4. The topological polar surface area (TPSA) is 74.2 Å². The SMILES string of the molecule is CCN(CC)c1ccc(/C=N\NC(=O)COc2ccc(F)cc2F)c(O)c1. The molecular weight excluding hydrogens is 356 g/mol. The zero-order chi connectivity index (χ0) is 19.8. The molecule has 0 aromatic heterocycles. The summed E-state index contributed by atoms with van der Waals surface area (Å²) in [7, 11) is 0. The maximum Gasteiger partial charge on any atom is 0.277 e. The molecule has 144 valence electrons. The van der Waals surface area contributed by atoms with Gasteiger partial charge in [0.2, 0.25) is 0 Å². The van der Waals surface area contributed by atoms with Crippen molar-refractivity contribution in [1.82, 2.24) is 5.43 Å². The van der Waals surface area contributed by atoms with Crippen molar-refractivity contribution in [1.29, 1.82) is 0 Å². The van der Waals surface area contributed by atoms with E-state index >= 15 is 0 Å². The Morgan fingerprint density at radius 2 is 1.96 bits per heavy atom. The number of aromatic hydroxyl groups is 1. The predicted molar refractivity (Wildman–Crippen MR) is 99.3 cm³/mol. The number of hydrazone groups is 1. The molecule has 2 aromatic carbocycles. The lowest BCUT2D eigenvalue weighted by Gasteiger charge is -2.21. The van der Waals surface area contributed by atoms with Crippen molar-refractivity contribution in [3.8, 4) is 11.5 Å². The summed E-state index contributed by atoms with van der Waals surface area (Å²) in [4.78, 5) is 13.8. The average Bonchev–Trinajstić information content (AvgIpc) is 2.63. The second-order valence-electron chi connectivity index (χ2n) is 5.57. The number of halogens is 2. The summed E-state index contributed by atoms with van der Waals surface area (Å²) in [6.07, 6.45) is 1.29. The lowest BCUT2D eigenvalue weighted by molar-refractivity contribution is -0.123. The number of benzene rings is 2. The van der Waals surface area contributed by atoms with Gasteiger partial charge in [-0.2, -0.15) is 5.10 Å². The van der Waals surface area contributed by atoms with E-state index in [1.807, 2.05) is 19.9 Å². The van der Waals surface area contributed by atoms with Crippen LogP contribution in [0, 0.1) is 11.6 Å². The highest BCUT2D eigenvalue weighted by molar-refractivity contribution is 5.86. The third-order valence-corrected chi connectivity index (χ3v) is 3.79. The molecule has 0 aliphatic carbocycles. The van der Waals surface area contributed by atoms with E-state index < -0.39 is 24.1 Å². The van der Waals surface area contributed by atoms with Crippen LogP contribution in [0.4, 0.5) is 14.5 Å². The van der Waals surface area contributed by atoms with Crippen LogP contribution in [-0.4, -0.2) is 36.9 Å². The number of carbonyl (C=O) groups excluding carboxylic acids is 1. The van der Waals surface area contributed by atoms with Crippen LogP contribution in [0.25, 0.3) is 0 Å². The predicted octanol–water partition coefficient (Wildman–Crippen LogP) is 3.05. The molecule has 0 bridgehead atoms. The molecule has 0 heterocycles. The summed E-state index contributed by atoms with van der Waals surface area (Å²) in [5.41, 5.74) is 3.52. The second kappa shape index (κ2) is 9.51. The van der Waals surface area contributed by atoms with Crippen molar-refractivity contribution in [2.45, 2.75) is 13.8 Å². The molecule has 0 spiro atoms. The van der Waals surface area contributed by atoms with Gasteiger partial charge in [-0.25, -0.2) is 14.2 Å². The summed E-state index contributed by atoms with van der Waals surface area (Å²) in [5.74, 6) is -2.47. The molecule has 0 radical (unpaired) electrons. The number of ether oxygens (including phenoxy) is 1. The Kier molecular flexibility index (Phi) is 7.10. The number of rotatable bonds is 8. The lowest BCUT2D eigenvalue weighted by atomic mass is 10.2. The summed E-state index contributed by atoms with van der Waals surface area (Å²) in [5, 5.41) is 13.8. The molecule has 0 saturated heterocycles.